The van der Waals surface area contributed by atoms with Gasteiger partial charge < -0.3 is 20.7 Å². The van der Waals surface area contributed by atoms with Crippen molar-refractivity contribution in [3.05, 3.63) is 0 Å². The van der Waals surface area contributed by atoms with E-state index in [1.807, 2.05) is 20.8 Å². The molecule has 0 aromatic heterocycles. The van der Waals surface area contributed by atoms with E-state index in [9.17, 15) is 4.79 Å². The molecule has 0 saturated carbocycles. The quantitative estimate of drug-likeness (QED) is 0.347. The normalized spacial score (nSPS) is 17.3. The molecule has 1 saturated heterocycles. The summed E-state index contributed by atoms with van der Waals surface area (Å²) < 4.78 is 5.21. The predicted octanol–water partition coefficient (Wildman–Crippen LogP) is 2.19. The fraction of sp³-hybridized carbons (Fsp3) is 0.895. The van der Waals surface area contributed by atoms with Gasteiger partial charge in [0.2, 0.25) is 0 Å². The largest absolute Gasteiger partial charge is 0.444 e. The Hall–Kier alpha value is -1.50. The summed E-state index contributed by atoms with van der Waals surface area (Å²) in [6.07, 6.45) is 3.05. The van der Waals surface area contributed by atoms with Crippen LogP contribution in [0.5, 0.6) is 0 Å². The van der Waals surface area contributed by atoms with Crippen molar-refractivity contribution in [2.45, 2.75) is 65.5 Å². The molecule has 0 spiro atoms. The van der Waals surface area contributed by atoms with Crippen molar-refractivity contribution < 1.29 is 9.53 Å². The van der Waals surface area contributed by atoms with E-state index in [2.05, 4.69) is 39.7 Å². The number of nitrogens with zero attached hydrogens (tertiary/aromatic N) is 2. The molecule has 1 unspecified atom stereocenters. The molecule has 0 radical (unpaired) electrons. The lowest BCUT2D eigenvalue weighted by Crippen LogP contribution is -2.48. The van der Waals surface area contributed by atoms with Crippen molar-refractivity contribution in [3.63, 3.8) is 0 Å². The lowest BCUT2D eigenvalue weighted by Gasteiger charge is -2.31. The van der Waals surface area contributed by atoms with Gasteiger partial charge in [0.05, 0.1) is 0 Å². The van der Waals surface area contributed by atoms with E-state index in [0.717, 1.165) is 25.5 Å². The van der Waals surface area contributed by atoms with E-state index in [1.54, 1.807) is 7.05 Å². The molecule has 1 amide bonds. The van der Waals surface area contributed by atoms with Crippen molar-refractivity contribution in [1.29, 1.82) is 0 Å². The first-order chi connectivity index (χ1) is 12.2. The summed E-state index contributed by atoms with van der Waals surface area (Å²) in [5.41, 5.74) is -0.462. The van der Waals surface area contributed by atoms with Gasteiger partial charge in [-0.1, -0.05) is 13.8 Å². The molecule has 7 nitrogen and oxygen atoms in total. The number of amides is 1. The third-order valence-electron chi connectivity index (χ3n) is 4.40. The van der Waals surface area contributed by atoms with Crippen LogP contribution in [0.15, 0.2) is 4.99 Å². The third-order valence-corrected chi connectivity index (χ3v) is 4.40. The monoisotopic (exact) mass is 369 g/mol. The van der Waals surface area contributed by atoms with Crippen LogP contribution in [-0.4, -0.2) is 68.4 Å². The zero-order chi connectivity index (χ0) is 19.6. The topological polar surface area (TPSA) is 78.0 Å². The van der Waals surface area contributed by atoms with Gasteiger partial charge in [-0.05, 0) is 59.0 Å². The maximum absolute atomic E-state index is 11.6. The number of rotatable bonds is 8. The highest BCUT2D eigenvalue weighted by molar-refractivity contribution is 5.79. The van der Waals surface area contributed by atoms with Gasteiger partial charge in [-0.15, -0.1) is 0 Å². The molecule has 7 heteroatoms. The van der Waals surface area contributed by atoms with E-state index < -0.39 is 5.60 Å². The first-order valence-corrected chi connectivity index (χ1v) is 9.88. The molecule has 0 aromatic rings. The minimum Gasteiger partial charge on any atom is -0.444 e. The van der Waals surface area contributed by atoms with Gasteiger partial charge in [0.1, 0.15) is 5.60 Å². The zero-order valence-corrected chi connectivity index (χ0v) is 17.5. The highest BCUT2D eigenvalue weighted by Gasteiger charge is 2.24. The Balaban J connectivity index is 2.23. The molecular formula is C19H39N5O2. The summed E-state index contributed by atoms with van der Waals surface area (Å²) in [5, 5.41) is 9.51. The average molecular weight is 370 g/mol. The first kappa shape index (κ1) is 22.5. The molecule has 26 heavy (non-hydrogen) atoms. The number of alkyl carbamates (subject to hydrolysis) is 1. The van der Waals surface area contributed by atoms with E-state index in [-0.39, 0.29) is 6.09 Å². The van der Waals surface area contributed by atoms with E-state index >= 15 is 0 Å². The average Bonchev–Trinajstić information content (AvgIpc) is 3.04. The standard InChI is InChI=1S/C19H39N5O2/c1-15(2)16(24-12-7-8-13-24)14-23-17(20-6)21-10-9-11-22-18(25)26-19(3,4)5/h15-16H,7-14H2,1-6H3,(H,22,25)(H2,20,21,23). The van der Waals surface area contributed by atoms with Crippen LogP contribution in [0.1, 0.15) is 53.9 Å². The molecule has 1 atom stereocenters. The number of guanidine groups is 1. The number of ether oxygens (including phenoxy) is 1. The van der Waals surface area contributed by atoms with Gasteiger partial charge in [-0.25, -0.2) is 4.79 Å². The Morgan fingerprint density at radius 2 is 1.73 bits per heavy atom. The third kappa shape index (κ3) is 9.27. The predicted molar refractivity (Wildman–Crippen MR) is 108 cm³/mol. The summed E-state index contributed by atoms with van der Waals surface area (Å²) in [4.78, 5) is 18.5. The molecule has 0 aromatic carbocycles. The van der Waals surface area contributed by atoms with E-state index in [1.165, 1.54) is 25.9 Å². The van der Waals surface area contributed by atoms with Crippen LogP contribution in [0.4, 0.5) is 4.79 Å². The van der Waals surface area contributed by atoms with Crippen LogP contribution >= 0.6 is 0 Å². The number of aliphatic imine (C=N–C) groups is 1. The highest BCUT2D eigenvalue weighted by Crippen LogP contribution is 2.17. The highest BCUT2D eigenvalue weighted by atomic mass is 16.6. The lowest BCUT2D eigenvalue weighted by molar-refractivity contribution is 0.0527. The van der Waals surface area contributed by atoms with Crippen molar-refractivity contribution in [2.24, 2.45) is 10.9 Å². The summed E-state index contributed by atoms with van der Waals surface area (Å²) in [5.74, 6) is 1.42. The van der Waals surface area contributed by atoms with Crippen LogP contribution in [-0.2, 0) is 4.74 Å². The second-order valence-corrected chi connectivity index (χ2v) is 8.22. The minimum absolute atomic E-state index is 0.370. The summed E-state index contributed by atoms with van der Waals surface area (Å²) >= 11 is 0. The number of carbonyl (C=O) groups is 1. The van der Waals surface area contributed by atoms with Crippen LogP contribution < -0.4 is 16.0 Å². The molecule has 1 fully saturated rings. The van der Waals surface area contributed by atoms with Gasteiger partial charge in [-0.2, -0.15) is 0 Å². The Morgan fingerprint density at radius 3 is 2.27 bits per heavy atom. The molecule has 1 aliphatic rings. The van der Waals surface area contributed by atoms with Crippen molar-refractivity contribution in [2.75, 3.05) is 39.8 Å². The fourth-order valence-corrected chi connectivity index (χ4v) is 3.08. The maximum atomic E-state index is 11.6. The van der Waals surface area contributed by atoms with Gasteiger partial charge in [-0.3, -0.25) is 9.89 Å². The van der Waals surface area contributed by atoms with Crippen LogP contribution in [0.3, 0.4) is 0 Å². The van der Waals surface area contributed by atoms with Gasteiger partial charge in [0, 0.05) is 32.7 Å². The number of likely N-dealkylation sites (tertiary alicyclic amines) is 1. The van der Waals surface area contributed by atoms with E-state index in [4.69, 9.17) is 4.74 Å². The van der Waals surface area contributed by atoms with E-state index in [0.29, 0.717) is 18.5 Å². The first-order valence-electron chi connectivity index (χ1n) is 9.88. The smallest absolute Gasteiger partial charge is 0.407 e. The minimum atomic E-state index is -0.462. The molecule has 1 aliphatic heterocycles. The van der Waals surface area contributed by atoms with Crippen molar-refractivity contribution in [1.82, 2.24) is 20.9 Å². The van der Waals surface area contributed by atoms with Crippen LogP contribution in [0.25, 0.3) is 0 Å². The van der Waals surface area contributed by atoms with Crippen molar-refractivity contribution >= 4 is 12.1 Å². The summed E-state index contributed by atoms with van der Waals surface area (Å²) in [7, 11) is 1.79. The Kier molecular flexibility index (Phi) is 9.76. The molecule has 152 valence electrons. The summed E-state index contributed by atoms with van der Waals surface area (Å²) in [6, 6.07) is 0.532. The number of hydrogen-bond acceptors (Lipinski definition) is 4. The number of hydrogen-bond donors (Lipinski definition) is 3. The molecule has 1 rings (SSSR count). The molecule has 3 N–H and O–H groups in total. The number of carbonyl (C=O) groups excluding carboxylic acids is 1. The van der Waals surface area contributed by atoms with Crippen molar-refractivity contribution in [3.8, 4) is 0 Å². The summed E-state index contributed by atoms with van der Waals surface area (Å²) in [6.45, 7) is 14.7. The Bertz CT molecular complexity index is 440. The number of nitrogens with one attached hydrogen (secondary N) is 3. The van der Waals surface area contributed by atoms with Gasteiger partial charge in [0.25, 0.3) is 0 Å². The maximum Gasteiger partial charge on any atom is 0.407 e. The second kappa shape index (κ2) is 11.3. The molecule has 0 bridgehead atoms. The zero-order valence-electron chi connectivity index (χ0n) is 17.5. The van der Waals surface area contributed by atoms with Gasteiger partial charge in [0.15, 0.2) is 5.96 Å². The lowest BCUT2D eigenvalue weighted by atomic mass is 10.0. The Labute approximate surface area is 159 Å². The van der Waals surface area contributed by atoms with Gasteiger partial charge >= 0.3 is 6.09 Å². The fourth-order valence-electron chi connectivity index (χ4n) is 3.08. The molecule has 0 aliphatic carbocycles. The van der Waals surface area contributed by atoms with Crippen LogP contribution in [0, 0.1) is 5.92 Å². The SMILES string of the molecule is CN=C(NCCCNC(=O)OC(C)(C)C)NCC(C(C)C)N1CCCC1. The van der Waals surface area contributed by atoms with Crippen LogP contribution in [0.2, 0.25) is 0 Å². The Morgan fingerprint density at radius 1 is 1.12 bits per heavy atom. The molecule has 1 heterocycles. The second-order valence-electron chi connectivity index (χ2n) is 8.22. The molecular weight excluding hydrogens is 330 g/mol.